The summed E-state index contributed by atoms with van der Waals surface area (Å²) in [4.78, 5) is 11.5. The first-order chi connectivity index (χ1) is 14.2. The van der Waals surface area contributed by atoms with Gasteiger partial charge in [-0.1, -0.05) is 12.1 Å². The zero-order valence-corrected chi connectivity index (χ0v) is 16.5. The van der Waals surface area contributed by atoms with Crippen LogP contribution in [0.25, 0.3) is 15.9 Å². The van der Waals surface area contributed by atoms with Crippen molar-refractivity contribution in [1.82, 2.24) is 25.4 Å². The van der Waals surface area contributed by atoms with Crippen molar-refractivity contribution in [1.29, 1.82) is 0 Å². The second kappa shape index (κ2) is 7.08. The minimum Gasteiger partial charge on any atom is -0.306 e. The molecule has 3 aromatic rings. The largest absolute Gasteiger partial charge is 0.306 e. The number of hydrogen-bond donors (Lipinski definition) is 1. The van der Waals surface area contributed by atoms with Crippen molar-refractivity contribution in [2.45, 2.75) is 44.7 Å². The standard InChI is InChI=1S/C21H23N7O/c1-12(2)28-9-7-13(8-10-28)18-20(22-3)17(15-11-23-25-21(15)24-18)14-5-4-6-16-19(14)27-29-26-16/h4-6,11-13,17,20H,7-10H2,1-2H3,(H,23,25). The van der Waals surface area contributed by atoms with E-state index in [1.165, 1.54) is 0 Å². The number of nitrogens with zero attached hydrogens (tertiary/aromatic N) is 6. The van der Waals surface area contributed by atoms with Crippen LogP contribution in [0.1, 0.15) is 43.7 Å². The fourth-order valence-electron chi connectivity index (χ4n) is 4.74. The van der Waals surface area contributed by atoms with Crippen LogP contribution in [0.2, 0.25) is 0 Å². The highest BCUT2D eigenvalue weighted by molar-refractivity contribution is 5.99. The minimum absolute atomic E-state index is 0.188. The quantitative estimate of drug-likeness (QED) is 0.692. The number of aromatic amines is 1. The van der Waals surface area contributed by atoms with Crippen LogP contribution >= 0.6 is 0 Å². The topological polar surface area (TPSA) is 87.6 Å². The summed E-state index contributed by atoms with van der Waals surface area (Å²) in [6, 6.07) is 5.99. The summed E-state index contributed by atoms with van der Waals surface area (Å²) in [7, 11) is 0. The van der Waals surface area contributed by atoms with Crippen molar-refractivity contribution < 1.29 is 4.63 Å². The van der Waals surface area contributed by atoms with Gasteiger partial charge in [0.05, 0.1) is 12.1 Å². The predicted molar refractivity (Wildman–Crippen MR) is 109 cm³/mol. The van der Waals surface area contributed by atoms with Crippen molar-refractivity contribution in [2.75, 3.05) is 13.1 Å². The molecule has 2 aliphatic rings. The number of hydrogen-bond acceptors (Lipinski definition) is 6. The van der Waals surface area contributed by atoms with Crippen molar-refractivity contribution in [2.24, 2.45) is 10.9 Å². The van der Waals surface area contributed by atoms with Crippen LogP contribution < -0.4 is 0 Å². The fraction of sp³-hybridized carbons (Fsp3) is 0.476. The molecule has 0 saturated carbocycles. The molecule has 0 amide bonds. The molecule has 1 fully saturated rings. The summed E-state index contributed by atoms with van der Waals surface area (Å²) in [6.07, 6.45) is 3.83. The van der Waals surface area contributed by atoms with Gasteiger partial charge in [0.15, 0.2) is 5.82 Å². The number of benzene rings is 1. The molecular formula is C21H23N7O. The van der Waals surface area contributed by atoms with Crippen LogP contribution in [-0.2, 0) is 0 Å². The van der Waals surface area contributed by atoms with Gasteiger partial charge >= 0.3 is 0 Å². The van der Waals surface area contributed by atoms with Crippen molar-refractivity contribution in [3.8, 4) is 0 Å². The second-order valence-electron chi connectivity index (χ2n) is 8.15. The number of H-pyrrole nitrogens is 1. The van der Waals surface area contributed by atoms with Gasteiger partial charge in [-0.05, 0) is 61.7 Å². The van der Waals surface area contributed by atoms with E-state index in [1.807, 2.05) is 18.2 Å². The number of rotatable bonds is 3. The van der Waals surface area contributed by atoms with Crippen LogP contribution in [0.3, 0.4) is 0 Å². The number of aromatic nitrogens is 4. The van der Waals surface area contributed by atoms with Gasteiger partial charge in [0, 0.05) is 17.5 Å². The van der Waals surface area contributed by atoms with Gasteiger partial charge in [-0.25, -0.2) is 16.2 Å². The summed E-state index contributed by atoms with van der Waals surface area (Å²) in [5, 5.41) is 15.4. The van der Waals surface area contributed by atoms with Crippen LogP contribution in [0.5, 0.6) is 0 Å². The Kier molecular flexibility index (Phi) is 4.40. The molecule has 1 saturated heterocycles. The number of nitrogens with one attached hydrogen (secondary N) is 1. The SMILES string of the molecule is [C-]#[N+]C1C(C2CCN(C(C)C)CC2)=Nc2[nH]ncc2C1c1cccc2nonc12. The van der Waals surface area contributed by atoms with Crippen molar-refractivity contribution in [3.63, 3.8) is 0 Å². The molecular weight excluding hydrogens is 366 g/mol. The van der Waals surface area contributed by atoms with E-state index in [0.29, 0.717) is 23.0 Å². The molecule has 2 atom stereocenters. The smallest absolute Gasteiger partial charge is 0.272 e. The number of fused-ring (bicyclic) bond motifs is 2. The average molecular weight is 389 g/mol. The normalized spacial score (nSPS) is 23.2. The first-order valence-electron chi connectivity index (χ1n) is 10.1. The molecule has 0 bridgehead atoms. The lowest BCUT2D eigenvalue weighted by Gasteiger charge is -2.36. The maximum atomic E-state index is 8.04. The molecule has 2 aromatic heterocycles. The summed E-state index contributed by atoms with van der Waals surface area (Å²) < 4.78 is 4.98. The number of aliphatic imine (C=N–C) groups is 1. The monoisotopic (exact) mass is 389 g/mol. The molecule has 2 unspecified atom stereocenters. The number of likely N-dealkylation sites (tertiary alicyclic amines) is 1. The van der Waals surface area contributed by atoms with Gasteiger partial charge in [-0.2, -0.15) is 5.10 Å². The Hall–Kier alpha value is -3.05. The first-order valence-corrected chi connectivity index (χ1v) is 10.1. The Balaban J connectivity index is 1.57. The molecule has 0 aliphatic carbocycles. The molecule has 5 rings (SSSR count). The molecule has 2 aliphatic heterocycles. The van der Waals surface area contributed by atoms with Gasteiger partial charge in [-0.15, -0.1) is 0 Å². The zero-order valence-electron chi connectivity index (χ0n) is 16.5. The average Bonchev–Trinajstić information content (AvgIpc) is 3.41. The lowest BCUT2D eigenvalue weighted by atomic mass is 9.76. The van der Waals surface area contributed by atoms with E-state index in [1.54, 1.807) is 6.20 Å². The summed E-state index contributed by atoms with van der Waals surface area (Å²) in [5.74, 6) is 0.870. The Morgan fingerprint density at radius 1 is 1.21 bits per heavy atom. The van der Waals surface area contributed by atoms with Gasteiger partial charge in [0.1, 0.15) is 16.7 Å². The van der Waals surface area contributed by atoms with E-state index < -0.39 is 0 Å². The van der Waals surface area contributed by atoms with Crippen LogP contribution in [0.15, 0.2) is 34.0 Å². The van der Waals surface area contributed by atoms with Crippen LogP contribution in [-0.4, -0.2) is 56.3 Å². The highest BCUT2D eigenvalue weighted by Crippen LogP contribution is 2.43. The van der Waals surface area contributed by atoms with Crippen molar-refractivity contribution in [3.05, 3.63) is 46.9 Å². The van der Waals surface area contributed by atoms with E-state index in [9.17, 15) is 0 Å². The highest BCUT2D eigenvalue weighted by atomic mass is 16.6. The van der Waals surface area contributed by atoms with Crippen molar-refractivity contribution >= 4 is 22.6 Å². The third-order valence-electron chi connectivity index (χ3n) is 6.31. The molecule has 29 heavy (non-hydrogen) atoms. The third kappa shape index (κ3) is 2.93. The van der Waals surface area contributed by atoms with Crippen LogP contribution in [0, 0.1) is 12.5 Å². The van der Waals surface area contributed by atoms with Gasteiger partial charge in [0.2, 0.25) is 0 Å². The molecule has 1 N–H and O–H groups in total. The molecule has 0 radical (unpaired) electrons. The maximum absolute atomic E-state index is 8.04. The van der Waals surface area contributed by atoms with Gasteiger partial charge in [-0.3, -0.25) is 5.10 Å². The Morgan fingerprint density at radius 2 is 2.03 bits per heavy atom. The van der Waals surface area contributed by atoms with E-state index >= 15 is 0 Å². The molecule has 148 valence electrons. The summed E-state index contributed by atoms with van der Waals surface area (Å²) >= 11 is 0. The lowest BCUT2D eigenvalue weighted by molar-refractivity contribution is 0.168. The van der Waals surface area contributed by atoms with E-state index in [-0.39, 0.29) is 12.0 Å². The summed E-state index contributed by atoms with van der Waals surface area (Å²) in [5.41, 5.74) is 4.25. The molecule has 1 aromatic carbocycles. The predicted octanol–water partition coefficient (Wildman–Crippen LogP) is 3.57. The lowest BCUT2D eigenvalue weighted by Crippen LogP contribution is -2.43. The van der Waals surface area contributed by atoms with Gasteiger partial charge in [0.25, 0.3) is 6.04 Å². The minimum atomic E-state index is -0.377. The zero-order chi connectivity index (χ0) is 20.0. The molecule has 8 heteroatoms. The Morgan fingerprint density at radius 3 is 2.79 bits per heavy atom. The van der Waals surface area contributed by atoms with E-state index in [0.717, 1.165) is 48.6 Å². The summed E-state index contributed by atoms with van der Waals surface area (Å²) in [6.45, 7) is 14.6. The van der Waals surface area contributed by atoms with E-state index in [2.05, 4.69) is 44.1 Å². The highest BCUT2D eigenvalue weighted by Gasteiger charge is 2.44. The van der Waals surface area contributed by atoms with Gasteiger partial charge < -0.3 is 9.74 Å². The Labute approximate surface area is 168 Å². The van der Waals surface area contributed by atoms with Crippen LogP contribution in [0.4, 0.5) is 5.82 Å². The number of piperidine rings is 1. The molecule has 0 spiro atoms. The molecule has 8 nitrogen and oxygen atoms in total. The van der Waals surface area contributed by atoms with E-state index in [4.69, 9.17) is 16.2 Å². The maximum Gasteiger partial charge on any atom is 0.272 e. The fourth-order valence-corrected chi connectivity index (χ4v) is 4.74. The first kappa shape index (κ1) is 18.0. The third-order valence-corrected chi connectivity index (χ3v) is 6.31. The molecule has 4 heterocycles. The second-order valence-corrected chi connectivity index (χ2v) is 8.15. The Bertz CT molecular complexity index is 1100.